The van der Waals surface area contributed by atoms with Crippen molar-refractivity contribution in [1.82, 2.24) is 3.71 Å². The summed E-state index contributed by atoms with van der Waals surface area (Å²) >= 11 is 0. The van der Waals surface area contributed by atoms with Gasteiger partial charge in [-0.1, -0.05) is 16.6 Å². The molecule has 0 amide bonds. The lowest BCUT2D eigenvalue weighted by molar-refractivity contribution is -0.0559. The summed E-state index contributed by atoms with van der Waals surface area (Å²) in [7, 11) is -10.8. The van der Waals surface area contributed by atoms with Crippen LogP contribution in [0.15, 0.2) is 0 Å². The minimum Gasteiger partial charge on any atom is -0.388 e. The first-order chi connectivity index (χ1) is 8.71. The second-order valence-electron chi connectivity index (χ2n) is 5.06. The molecular formula is C9H16F3NO5S2. The van der Waals surface area contributed by atoms with Gasteiger partial charge in [-0.25, -0.2) is 16.8 Å². The Morgan fingerprint density at radius 2 is 1.70 bits per heavy atom. The third-order valence-electron chi connectivity index (χ3n) is 3.24. The molecule has 0 aromatic rings. The van der Waals surface area contributed by atoms with Crippen molar-refractivity contribution >= 4 is 20.0 Å². The normalized spacial score (nSPS) is 29.6. The third-order valence-corrected chi connectivity index (χ3v) is 6.86. The van der Waals surface area contributed by atoms with Gasteiger partial charge in [0.25, 0.3) is 0 Å². The molecule has 11 heteroatoms. The number of sulfonamides is 2. The van der Waals surface area contributed by atoms with Crippen molar-refractivity contribution in [3.05, 3.63) is 0 Å². The van der Waals surface area contributed by atoms with Crippen LogP contribution in [0.2, 0.25) is 0 Å². The maximum absolute atomic E-state index is 12.6. The van der Waals surface area contributed by atoms with E-state index in [4.69, 9.17) is 0 Å². The van der Waals surface area contributed by atoms with Crippen molar-refractivity contribution < 1.29 is 35.1 Å². The number of alkyl halides is 3. The van der Waals surface area contributed by atoms with Gasteiger partial charge in [0.15, 0.2) is 0 Å². The van der Waals surface area contributed by atoms with Gasteiger partial charge in [-0.05, 0) is 19.8 Å². The molecule has 20 heavy (non-hydrogen) atoms. The average molecular weight is 339 g/mol. The predicted octanol–water partition coefficient (Wildman–Crippen LogP) is 0.791. The first-order valence-electron chi connectivity index (χ1n) is 5.74. The molecule has 0 aromatic heterocycles. The van der Waals surface area contributed by atoms with Crippen molar-refractivity contribution in [3.8, 4) is 0 Å². The Balaban J connectivity index is 3.44. The predicted molar refractivity (Wildman–Crippen MR) is 64.5 cm³/mol. The molecule has 0 radical (unpaired) electrons. The Bertz CT molecular complexity index is 567. The lowest BCUT2D eigenvalue weighted by Crippen LogP contribution is -2.58. The van der Waals surface area contributed by atoms with E-state index in [9.17, 15) is 35.1 Å². The Morgan fingerprint density at radius 3 is 2.05 bits per heavy atom. The summed E-state index contributed by atoms with van der Waals surface area (Å²) in [5.41, 5.74) is -7.58. The number of aliphatic hydroxyl groups is 1. The fourth-order valence-electron chi connectivity index (χ4n) is 2.31. The lowest BCUT2D eigenvalue weighted by Gasteiger charge is -2.41. The Labute approximate surface area is 115 Å². The van der Waals surface area contributed by atoms with Crippen molar-refractivity contribution in [2.45, 2.75) is 49.8 Å². The first-order valence-corrected chi connectivity index (χ1v) is 9.03. The van der Waals surface area contributed by atoms with Crippen LogP contribution in [0.25, 0.3) is 0 Å². The summed E-state index contributed by atoms with van der Waals surface area (Å²) in [5, 5.41) is 10.1. The minimum absolute atomic E-state index is 0.0249. The number of hydrogen-bond acceptors (Lipinski definition) is 5. The van der Waals surface area contributed by atoms with E-state index in [1.54, 1.807) is 0 Å². The summed E-state index contributed by atoms with van der Waals surface area (Å²) in [4.78, 5) is 0. The highest BCUT2D eigenvalue weighted by atomic mass is 32.3. The van der Waals surface area contributed by atoms with Crippen LogP contribution in [-0.4, -0.2) is 49.1 Å². The molecule has 1 unspecified atom stereocenters. The summed E-state index contributed by atoms with van der Waals surface area (Å²) in [5.74, 6) is 0. The molecule has 1 saturated carbocycles. The summed E-state index contributed by atoms with van der Waals surface area (Å²) < 4.78 is 83.4. The van der Waals surface area contributed by atoms with Crippen LogP contribution in [0.3, 0.4) is 0 Å². The summed E-state index contributed by atoms with van der Waals surface area (Å²) in [6.07, 6.45) is 1.06. The van der Waals surface area contributed by atoms with Gasteiger partial charge >= 0.3 is 15.5 Å². The minimum atomic E-state index is -6.08. The molecule has 0 aromatic carbocycles. The highest BCUT2D eigenvalue weighted by Gasteiger charge is 2.58. The number of hydrogen-bond donors (Lipinski definition) is 1. The van der Waals surface area contributed by atoms with Gasteiger partial charge in [0.1, 0.15) is 0 Å². The van der Waals surface area contributed by atoms with Crippen molar-refractivity contribution in [1.29, 1.82) is 0 Å². The molecule has 6 nitrogen and oxygen atoms in total. The van der Waals surface area contributed by atoms with E-state index >= 15 is 0 Å². The number of nitrogens with zero attached hydrogens (tertiary/aromatic N) is 1. The molecule has 120 valence electrons. The van der Waals surface area contributed by atoms with Crippen LogP contribution >= 0.6 is 0 Å². The van der Waals surface area contributed by atoms with Crippen molar-refractivity contribution in [2.75, 3.05) is 6.26 Å². The number of halogens is 3. The molecule has 0 aliphatic heterocycles. The van der Waals surface area contributed by atoms with Crippen LogP contribution in [0.1, 0.15) is 32.6 Å². The van der Waals surface area contributed by atoms with Crippen LogP contribution in [0.5, 0.6) is 0 Å². The highest BCUT2D eigenvalue weighted by molar-refractivity contribution is 8.04. The number of rotatable bonds is 3. The monoisotopic (exact) mass is 339 g/mol. The van der Waals surface area contributed by atoms with Gasteiger partial charge < -0.3 is 5.11 Å². The smallest absolute Gasteiger partial charge is 0.388 e. The van der Waals surface area contributed by atoms with Gasteiger partial charge in [-0.3, -0.25) is 0 Å². The molecule has 1 fully saturated rings. The fraction of sp³-hybridized carbons (Fsp3) is 1.00. The van der Waals surface area contributed by atoms with E-state index in [2.05, 4.69) is 0 Å². The second kappa shape index (κ2) is 5.11. The first kappa shape index (κ1) is 17.7. The molecule has 1 rings (SSSR count). The van der Waals surface area contributed by atoms with Gasteiger partial charge in [-0.2, -0.15) is 13.2 Å². The molecule has 1 aliphatic rings. The van der Waals surface area contributed by atoms with E-state index in [0.717, 1.165) is 6.92 Å². The lowest BCUT2D eigenvalue weighted by atomic mass is 9.82. The molecule has 0 bridgehead atoms. The standard InChI is InChI=1S/C9H16F3NO5S2/c1-8(14)6-4-3-5-7(8)13(19(2,15)16)20(17,18)9(10,11)12/h7,14H,3-6H2,1-2H3/t7?,8-/m0/s1. The molecule has 1 aliphatic carbocycles. The topological polar surface area (TPSA) is 91.8 Å². The molecular weight excluding hydrogens is 323 g/mol. The Kier molecular flexibility index (Phi) is 4.51. The second-order valence-corrected chi connectivity index (χ2v) is 8.95. The maximum atomic E-state index is 12.6. The zero-order valence-electron chi connectivity index (χ0n) is 10.9. The van der Waals surface area contributed by atoms with E-state index in [-0.39, 0.29) is 12.8 Å². The van der Waals surface area contributed by atoms with Gasteiger partial charge in [0.2, 0.25) is 10.0 Å². The molecule has 0 heterocycles. The largest absolute Gasteiger partial charge is 0.512 e. The summed E-state index contributed by atoms with van der Waals surface area (Å²) in [6.45, 7) is 1.14. The van der Waals surface area contributed by atoms with E-state index in [1.807, 2.05) is 0 Å². The van der Waals surface area contributed by atoms with Crippen molar-refractivity contribution in [2.24, 2.45) is 0 Å². The van der Waals surface area contributed by atoms with Crippen LogP contribution < -0.4 is 0 Å². The van der Waals surface area contributed by atoms with E-state index in [0.29, 0.717) is 19.1 Å². The Hall–Kier alpha value is -0.390. The third kappa shape index (κ3) is 3.26. The van der Waals surface area contributed by atoms with E-state index < -0.39 is 40.9 Å². The average Bonchev–Trinajstić information content (AvgIpc) is 2.16. The molecule has 1 N–H and O–H groups in total. The van der Waals surface area contributed by atoms with Crippen LogP contribution in [-0.2, 0) is 20.0 Å². The molecule has 0 spiro atoms. The molecule has 2 atom stereocenters. The van der Waals surface area contributed by atoms with Crippen LogP contribution in [0, 0.1) is 0 Å². The van der Waals surface area contributed by atoms with Gasteiger partial charge in [0.05, 0.1) is 17.9 Å². The SMILES string of the molecule is C[C@]1(O)CCCCC1N(S(C)(=O)=O)S(=O)(=O)C(F)(F)F. The van der Waals surface area contributed by atoms with Gasteiger partial charge in [-0.15, -0.1) is 0 Å². The maximum Gasteiger partial charge on any atom is 0.512 e. The quantitative estimate of drug-likeness (QED) is 0.821. The van der Waals surface area contributed by atoms with E-state index in [1.165, 1.54) is 0 Å². The zero-order chi connectivity index (χ0) is 16.0. The highest BCUT2D eigenvalue weighted by Crippen LogP contribution is 2.38. The zero-order valence-corrected chi connectivity index (χ0v) is 12.5. The van der Waals surface area contributed by atoms with Gasteiger partial charge in [0, 0.05) is 0 Å². The molecule has 0 saturated heterocycles. The summed E-state index contributed by atoms with van der Waals surface area (Å²) in [6, 6.07) is -1.65. The van der Waals surface area contributed by atoms with Crippen molar-refractivity contribution in [3.63, 3.8) is 0 Å². The van der Waals surface area contributed by atoms with Crippen LogP contribution in [0.4, 0.5) is 13.2 Å². The fourth-order valence-corrected chi connectivity index (χ4v) is 5.66. The Morgan fingerprint density at radius 1 is 1.20 bits per heavy atom.